The number of halogens is 2. The quantitative estimate of drug-likeness (QED) is 0.430. The summed E-state index contributed by atoms with van der Waals surface area (Å²) in [6, 6.07) is 9.54. The Kier molecular flexibility index (Phi) is 8.17. The number of benzene rings is 2. The third kappa shape index (κ3) is 5.19. The average Bonchev–Trinajstić information content (AvgIpc) is 2.79. The van der Waals surface area contributed by atoms with E-state index >= 15 is 0 Å². The molecule has 0 unspecified atom stereocenters. The SMILES string of the molecule is COc1ccc(S(=O)(=O)C2(c3ccc(N(C(=O)C(C)(C)C)C(C)C)c(Cl)c3)CCOCC2)cc1Cl. The maximum absolute atomic E-state index is 14.1. The Labute approximate surface area is 218 Å². The molecular weight excluding hydrogens is 509 g/mol. The molecule has 1 fully saturated rings. The second-order valence-corrected chi connectivity index (χ2v) is 13.2. The molecule has 0 spiro atoms. The monoisotopic (exact) mass is 541 g/mol. The van der Waals surface area contributed by atoms with E-state index in [1.165, 1.54) is 19.2 Å². The number of nitrogens with zero attached hydrogens (tertiary/aromatic N) is 1. The van der Waals surface area contributed by atoms with Crippen LogP contribution in [0.2, 0.25) is 10.0 Å². The Morgan fingerprint density at radius 2 is 1.69 bits per heavy atom. The van der Waals surface area contributed by atoms with Gasteiger partial charge in [-0.15, -0.1) is 0 Å². The zero-order chi connectivity index (χ0) is 26.2. The normalized spacial score (nSPS) is 16.3. The molecule has 1 heterocycles. The number of carbonyl (C=O) groups is 1. The Bertz CT molecular complexity index is 1200. The van der Waals surface area contributed by atoms with E-state index in [1.807, 2.05) is 34.6 Å². The van der Waals surface area contributed by atoms with E-state index in [2.05, 4.69) is 0 Å². The van der Waals surface area contributed by atoms with Gasteiger partial charge in [-0.2, -0.15) is 0 Å². The summed E-state index contributed by atoms with van der Waals surface area (Å²) in [5.74, 6) is 0.333. The smallest absolute Gasteiger partial charge is 0.232 e. The topological polar surface area (TPSA) is 72.9 Å². The van der Waals surface area contributed by atoms with Gasteiger partial charge in [0.15, 0.2) is 9.84 Å². The molecule has 6 nitrogen and oxygen atoms in total. The molecule has 9 heteroatoms. The fraction of sp³-hybridized carbons (Fsp3) is 0.500. The van der Waals surface area contributed by atoms with Crippen LogP contribution in [0.3, 0.4) is 0 Å². The molecule has 0 saturated carbocycles. The second kappa shape index (κ2) is 10.3. The number of amides is 1. The van der Waals surface area contributed by atoms with Crippen LogP contribution in [0.25, 0.3) is 0 Å². The summed E-state index contributed by atoms with van der Waals surface area (Å²) < 4.78 is 37.6. The van der Waals surface area contributed by atoms with Crippen molar-refractivity contribution >= 4 is 44.6 Å². The van der Waals surface area contributed by atoms with Crippen LogP contribution in [0, 0.1) is 5.41 Å². The summed E-state index contributed by atoms with van der Waals surface area (Å²) in [6.07, 6.45) is 0.535. The van der Waals surface area contributed by atoms with Crippen molar-refractivity contribution < 1.29 is 22.7 Å². The first-order chi connectivity index (χ1) is 16.3. The van der Waals surface area contributed by atoms with E-state index in [0.29, 0.717) is 35.2 Å². The van der Waals surface area contributed by atoms with E-state index in [4.69, 9.17) is 32.7 Å². The van der Waals surface area contributed by atoms with Crippen LogP contribution in [0.5, 0.6) is 5.75 Å². The molecule has 2 aromatic rings. The lowest BCUT2D eigenvalue weighted by atomic mass is 9.89. The first-order valence-electron chi connectivity index (χ1n) is 11.6. The average molecular weight is 543 g/mol. The highest BCUT2D eigenvalue weighted by Crippen LogP contribution is 2.46. The van der Waals surface area contributed by atoms with Crippen molar-refractivity contribution in [2.24, 2.45) is 5.41 Å². The van der Waals surface area contributed by atoms with E-state index in [0.717, 1.165) is 0 Å². The molecular formula is C26H33Cl2NO5S. The molecule has 3 rings (SSSR count). The highest BCUT2D eigenvalue weighted by atomic mass is 35.5. The van der Waals surface area contributed by atoms with Gasteiger partial charge < -0.3 is 14.4 Å². The van der Waals surface area contributed by atoms with E-state index in [9.17, 15) is 13.2 Å². The fourth-order valence-electron chi connectivity index (χ4n) is 4.42. The zero-order valence-electron chi connectivity index (χ0n) is 21.0. The predicted molar refractivity (Wildman–Crippen MR) is 140 cm³/mol. The zero-order valence-corrected chi connectivity index (χ0v) is 23.4. The third-order valence-electron chi connectivity index (χ3n) is 6.36. The minimum absolute atomic E-state index is 0.0663. The lowest BCUT2D eigenvalue weighted by Gasteiger charge is -2.38. The molecule has 0 radical (unpaired) electrons. The summed E-state index contributed by atoms with van der Waals surface area (Å²) in [5.41, 5.74) is 0.511. The van der Waals surface area contributed by atoms with Crippen LogP contribution in [0.1, 0.15) is 53.0 Å². The first kappa shape index (κ1) is 27.8. The van der Waals surface area contributed by atoms with Crippen LogP contribution in [-0.2, 0) is 24.1 Å². The Hall–Kier alpha value is -1.80. The Balaban J connectivity index is 2.15. The van der Waals surface area contributed by atoms with Crippen molar-refractivity contribution in [3.8, 4) is 5.75 Å². The molecule has 0 N–H and O–H groups in total. The van der Waals surface area contributed by atoms with Crippen molar-refractivity contribution in [3.05, 3.63) is 52.0 Å². The van der Waals surface area contributed by atoms with Gasteiger partial charge in [0.05, 0.1) is 27.7 Å². The fourth-order valence-corrected chi connectivity index (χ4v) is 7.13. The molecule has 1 amide bonds. The van der Waals surface area contributed by atoms with Crippen molar-refractivity contribution in [1.82, 2.24) is 0 Å². The van der Waals surface area contributed by atoms with Gasteiger partial charge in [-0.05, 0) is 62.6 Å². The standard InChI is InChI=1S/C26H33Cl2NO5S/c1-17(2)29(24(30)25(3,4)5)22-9-7-18(15-20(22)27)26(11-13-34-14-12-26)35(31,32)19-8-10-23(33-6)21(28)16-19/h7-10,15-17H,11-14H2,1-6H3. The van der Waals surface area contributed by atoms with Gasteiger partial charge in [0.1, 0.15) is 10.5 Å². The van der Waals surface area contributed by atoms with Gasteiger partial charge in [-0.1, -0.05) is 50.0 Å². The maximum atomic E-state index is 14.1. The molecule has 0 atom stereocenters. The van der Waals surface area contributed by atoms with Gasteiger partial charge in [0.25, 0.3) is 0 Å². The largest absolute Gasteiger partial charge is 0.495 e. The highest BCUT2D eigenvalue weighted by molar-refractivity contribution is 7.92. The van der Waals surface area contributed by atoms with Crippen LogP contribution in [0.4, 0.5) is 5.69 Å². The van der Waals surface area contributed by atoms with E-state index in [-0.39, 0.29) is 34.7 Å². The van der Waals surface area contributed by atoms with Gasteiger partial charge in [0.2, 0.25) is 5.91 Å². The minimum Gasteiger partial charge on any atom is -0.495 e. The summed E-state index contributed by atoms with van der Waals surface area (Å²) in [5, 5.41) is 0.542. The summed E-state index contributed by atoms with van der Waals surface area (Å²) >= 11 is 13.0. The lowest BCUT2D eigenvalue weighted by Crippen LogP contribution is -2.44. The Morgan fingerprint density at radius 1 is 1.06 bits per heavy atom. The van der Waals surface area contributed by atoms with Crippen molar-refractivity contribution in [1.29, 1.82) is 0 Å². The number of methoxy groups -OCH3 is 1. The first-order valence-corrected chi connectivity index (χ1v) is 13.8. The van der Waals surface area contributed by atoms with Crippen molar-refractivity contribution in [3.63, 3.8) is 0 Å². The minimum atomic E-state index is -3.89. The van der Waals surface area contributed by atoms with E-state index < -0.39 is 20.0 Å². The lowest BCUT2D eigenvalue weighted by molar-refractivity contribution is -0.126. The van der Waals surface area contributed by atoms with Crippen molar-refractivity contribution in [2.75, 3.05) is 25.2 Å². The number of rotatable bonds is 6. The molecule has 0 bridgehead atoms. The number of hydrogen-bond acceptors (Lipinski definition) is 5. The van der Waals surface area contributed by atoms with Crippen molar-refractivity contribution in [2.45, 2.75) is 63.1 Å². The van der Waals surface area contributed by atoms with E-state index in [1.54, 1.807) is 29.2 Å². The third-order valence-corrected chi connectivity index (χ3v) is 9.50. The summed E-state index contributed by atoms with van der Waals surface area (Å²) in [4.78, 5) is 14.9. The molecule has 0 aromatic heterocycles. The van der Waals surface area contributed by atoms with Gasteiger partial charge in [-0.25, -0.2) is 8.42 Å². The predicted octanol–water partition coefficient (Wildman–Crippen LogP) is 6.27. The molecule has 2 aromatic carbocycles. The molecule has 35 heavy (non-hydrogen) atoms. The number of anilines is 1. The summed E-state index contributed by atoms with van der Waals surface area (Å²) in [7, 11) is -2.41. The molecule has 1 saturated heterocycles. The van der Waals surface area contributed by atoms with Gasteiger partial charge in [0, 0.05) is 24.7 Å². The van der Waals surface area contributed by atoms with Crippen LogP contribution in [0.15, 0.2) is 41.3 Å². The highest BCUT2D eigenvalue weighted by Gasteiger charge is 2.48. The van der Waals surface area contributed by atoms with Crippen LogP contribution >= 0.6 is 23.2 Å². The molecule has 192 valence electrons. The van der Waals surface area contributed by atoms with Crippen LogP contribution in [-0.4, -0.2) is 40.7 Å². The van der Waals surface area contributed by atoms with Crippen LogP contribution < -0.4 is 9.64 Å². The number of carbonyl (C=O) groups excluding carboxylic acids is 1. The number of sulfone groups is 1. The number of ether oxygens (including phenoxy) is 2. The van der Waals surface area contributed by atoms with Gasteiger partial charge >= 0.3 is 0 Å². The Morgan fingerprint density at radius 3 is 2.17 bits per heavy atom. The maximum Gasteiger partial charge on any atom is 0.232 e. The molecule has 0 aliphatic carbocycles. The molecule has 1 aliphatic heterocycles. The summed E-state index contributed by atoms with van der Waals surface area (Å²) in [6.45, 7) is 10.0. The number of hydrogen-bond donors (Lipinski definition) is 0. The molecule has 1 aliphatic rings. The van der Waals surface area contributed by atoms with Gasteiger partial charge in [-0.3, -0.25) is 4.79 Å². The second-order valence-electron chi connectivity index (χ2n) is 10.1.